The van der Waals surface area contributed by atoms with Crippen LogP contribution in [-0.4, -0.2) is 12.0 Å². The zero-order valence-electron chi connectivity index (χ0n) is 10.2. The van der Waals surface area contributed by atoms with E-state index in [4.69, 9.17) is 5.73 Å². The first-order valence-electron chi connectivity index (χ1n) is 5.72. The van der Waals surface area contributed by atoms with Crippen LogP contribution >= 0.6 is 11.3 Å². The van der Waals surface area contributed by atoms with Crippen LogP contribution in [0.5, 0.6) is 0 Å². The van der Waals surface area contributed by atoms with E-state index in [2.05, 4.69) is 34.3 Å². The molecule has 0 spiro atoms. The molecule has 0 amide bonds. The molecule has 0 fully saturated rings. The molecule has 2 rings (SSSR count). The molecule has 0 saturated heterocycles. The first-order chi connectivity index (χ1) is 8.26. The molecule has 1 aromatic carbocycles. The van der Waals surface area contributed by atoms with E-state index in [0.29, 0.717) is 6.54 Å². The number of nitrogens with zero attached hydrogens (tertiary/aromatic N) is 2. The monoisotopic (exact) mass is 247 g/mol. The van der Waals surface area contributed by atoms with Crippen LogP contribution in [0.15, 0.2) is 29.6 Å². The number of aromatic nitrogens is 1. The molecule has 4 heteroatoms. The molecule has 3 nitrogen and oxygen atoms in total. The first kappa shape index (κ1) is 12.1. The van der Waals surface area contributed by atoms with Gasteiger partial charge in [-0.3, -0.25) is 0 Å². The molecule has 0 bridgehead atoms. The van der Waals surface area contributed by atoms with E-state index < -0.39 is 0 Å². The lowest BCUT2D eigenvalue weighted by molar-refractivity contribution is 1.02. The highest BCUT2D eigenvalue weighted by Crippen LogP contribution is 2.29. The first-order valence-corrected chi connectivity index (χ1v) is 6.60. The molecule has 0 unspecified atom stereocenters. The van der Waals surface area contributed by atoms with Gasteiger partial charge in [-0.05, 0) is 18.1 Å². The molecule has 0 aliphatic heterocycles. The lowest BCUT2D eigenvalue weighted by atomic mass is 10.1. The van der Waals surface area contributed by atoms with Gasteiger partial charge >= 0.3 is 0 Å². The number of rotatable bonds is 4. The molecule has 1 aromatic heterocycles. The minimum absolute atomic E-state index is 0.548. The number of thiazole rings is 1. The van der Waals surface area contributed by atoms with Gasteiger partial charge in [0.2, 0.25) is 0 Å². The van der Waals surface area contributed by atoms with Gasteiger partial charge in [-0.2, -0.15) is 0 Å². The van der Waals surface area contributed by atoms with Gasteiger partial charge in [-0.25, -0.2) is 4.98 Å². The van der Waals surface area contributed by atoms with Gasteiger partial charge in [-0.15, -0.1) is 11.3 Å². The third-order valence-corrected chi connectivity index (χ3v) is 3.73. The van der Waals surface area contributed by atoms with Crippen molar-refractivity contribution in [3.63, 3.8) is 0 Å². The van der Waals surface area contributed by atoms with E-state index in [1.54, 1.807) is 11.3 Å². The Kier molecular flexibility index (Phi) is 3.76. The Morgan fingerprint density at radius 2 is 2.12 bits per heavy atom. The summed E-state index contributed by atoms with van der Waals surface area (Å²) in [5, 5.41) is 3.12. The standard InChI is InChI=1S/C13H17N3S/c1-3-11-9-17-13(15-11)16(2)12-7-5-4-6-10(12)8-14/h4-7,9H,3,8,14H2,1-2H3. The van der Waals surface area contributed by atoms with Gasteiger partial charge in [-0.1, -0.05) is 25.1 Å². The van der Waals surface area contributed by atoms with E-state index >= 15 is 0 Å². The van der Waals surface area contributed by atoms with E-state index in [-0.39, 0.29) is 0 Å². The molecule has 2 N–H and O–H groups in total. The van der Waals surface area contributed by atoms with Crippen LogP contribution in [0.1, 0.15) is 18.2 Å². The second kappa shape index (κ2) is 5.29. The van der Waals surface area contributed by atoms with Crippen molar-refractivity contribution in [2.75, 3.05) is 11.9 Å². The molecule has 1 heterocycles. The number of aryl methyl sites for hydroxylation is 1. The number of hydrogen-bond donors (Lipinski definition) is 1. The predicted molar refractivity (Wildman–Crippen MR) is 73.9 cm³/mol. The summed E-state index contributed by atoms with van der Waals surface area (Å²) in [7, 11) is 2.03. The summed E-state index contributed by atoms with van der Waals surface area (Å²) in [5.74, 6) is 0. The summed E-state index contributed by atoms with van der Waals surface area (Å²) in [6.45, 7) is 2.67. The Labute approximate surface area is 106 Å². The molecule has 0 saturated carbocycles. The molecule has 0 aliphatic carbocycles. The van der Waals surface area contributed by atoms with Crippen molar-refractivity contribution in [1.29, 1.82) is 0 Å². The molecular formula is C13H17N3S. The van der Waals surface area contributed by atoms with Crippen molar-refractivity contribution in [3.05, 3.63) is 40.9 Å². The number of benzene rings is 1. The van der Waals surface area contributed by atoms with Crippen molar-refractivity contribution in [1.82, 2.24) is 4.98 Å². The van der Waals surface area contributed by atoms with E-state index in [9.17, 15) is 0 Å². The van der Waals surface area contributed by atoms with Gasteiger partial charge in [0.05, 0.1) is 5.69 Å². The maximum Gasteiger partial charge on any atom is 0.189 e. The highest BCUT2D eigenvalue weighted by atomic mass is 32.1. The van der Waals surface area contributed by atoms with Crippen LogP contribution in [-0.2, 0) is 13.0 Å². The molecular weight excluding hydrogens is 230 g/mol. The van der Waals surface area contributed by atoms with Crippen molar-refractivity contribution >= 4 is 22.2 Å². The number of para-hydroxylation sites is 1. The fourth-order valence-corrected chi connectivity index (χ4v) is 2.61. The third-order valence-electron chi connectivity index (χ3n) is 2.76. The molecule has 0 atom stereocenters. The topological polar surface area (TPSA) is 42.1 Å². The van der Waals surface area contributed by atoms with E-state index in [1.165, 1.54) is 0 Å². The Morgan fingerprint density at radius 3 is 2.76 bits per heavy atom. The van der Waals surface area contributed by atoms with Crippen molar-refractivity contribution < 1.29 is 0 Å². The summed E-state index contributed by atoms with van der Waals surface area (Å²) < 4.78 is 0. The molecule has 90 valence electrons. The quantitative estimate of drug-likeness (QED) is 0.903. The number of anilines is 2. The van der Waals surface area contributed by atoms with E-state index in [1.807, 2.05) is 19.2 Å². The summed E-state index contributed by atoms with van der Waals surface area (Å²) in [4.78, 5) is 6.69. The van der Waals surface area contributed by atoms with Crippen molar-refractivity contribution in [2.24, 2.45) is 5.73 Å². The van der Waals surface area contributed by atoms with Crippen LogP contribution in [0.4, 0.5) is 10.8 Å². The lowest BCUT2D eigenvalue weighted by Crippen LogP contribution is -2.13. The van der Waals surface area contributed by atoms with Crippen LogP contribution in [0, 0.1) is 0 Å². The zero-order valence-corrected chi connectivity index (χ0v) is 11.0. The number of nitrogens with two attached hydrogens (primary N) is 1. The summed E-state index contributed by atoms with van der Waals surface area (Å²) in [6, 6.07) is 8.17. The lowest BCUT2D eigenvalue weighted by Gasteiger charge is -2.19. The number of hydrogen-bond acceptors (Lipinski definition) is 4. The van der Waals surface area contributed by atoms with Crippen LogP contribution in [0.2, 0.25) is 0 Å². The fraction of sp³-hybridized carbons (Fsp3) is 0.308. The van der Waals surface area contributed by atoms with Crippen molar-refractivity contribution in [3.8, 4) is 0 Å². The second-order valence-electron chi connectivity index (χ2n) is 3.87. The SMILES string of the molecule is CCc1csc(N(C)c2ccccc2CN)n1. The van der Waals surface area contributed by atoms with Crippen LogP contribution in [0.25, 0.3) is 0 Å². The average molecular weight is 247 g/mol. The Balaban J connectivity index is 2.32. The van der Waals surface area contributed by atoms with Gasteiger partial charge in [0.15, 0.2) is 5.13 Å². The Bertz CT molecular complexity index is 493. The van der Waals surface area contributed by atoms with Crippen molar-refractivity contribution in [2.45, 2.75) is 19.9 Å². The Morgan fingerprint density at radius 1 is 1.35 bits per heavy atom. The Hall–Kier alpha value is -1.39. The largest absolute Gasteiger partial charge is 0.326 e. The molecule has 0 aliphatic rings. The van der Waals surface area contributed by atoms with Gasteiger partial charge < -0.3 is 10.6 Å². The van der Waals surface area contributed by atoms with Gasteiger partial charge in [0.1, 0.15) is 0 Å². The zero-order chi connectivity index (χ0) is 12.3. The fourth-order valence-electron chi connectivity index (χ4n) is 1.73. The summed E-state index contributed by atoms with van der Waals surface area (Å²) in [6.07, 6.45) is 0.975. The normalized spacial score (nSPS) is 10.5. The maximum absolute atomic E-state index is 5.75. The van der Waals surface area contributed by atoms with Gasteiger partial charge in [0, 0.05) is 24.7 Å². The average Bonchev–Trinajstić information content (AvgIpc) is 2.86. The van der Waals surface area contributed by atoms with Crippen LogP contribution in [0.3, 0.4) is 0 Å². The summed E-state index contributed by atoms with van der Waals surface area (Å²) >= 11 is 1.67. The molecule has 17 heavy (non-hydrogen) atoms. The summed E-state index contributed by atoms with van der Waals surface area (Å²) in [5.41, 5.74) is 9.17. The maximum atomic E-state index is 5.75. The van der Waals surface area contributed by atoms with Gasteiger partial charge in [0.25, 0.3) is 0 Å². The minimum Gasteiger partial charge on any atom is -0.326 e. The molecule has 2 aromatic rings. The highest BCUT2D eigenvalue weighted by molar-refractivity contribution is 7.13. The smallest absolute Gasteiger partial charge is 0.189 e. The molecule has 0 radical (unpaired) electrons. The van der Waals surface area contributed by atoms with E-state index in [0.717, 1.165) is 28.5 Å². The minimum atomic E-state index is 0.548. The highest BCUT2D eigenvalue weighted by Gasteiger charge is 2.11. The predicted octanol–water partition coefficient (Wildman–Crippen LogP) is 2.93. The third kappa shape index (κ3) is 2.48. The second-order valence-corrected chi connectivity index (χ2v) is 4.70. The van der Waals surface area contributed by atoms with Crippen LogP contribution < -0.4 is 10.6 Å².